The molecule has 0 bridgehead atoms. The maximum absolute atomic E-state index is 11.7. The van der Waals surface area contributed by atoms with E-state index in [1.807, 2.05) is 30.5 Å². The number of carbonyl (C=O) groups excluding carboxylic acids is 1. The molecule has 20 heavy (non-hydrogen) atoms. The van der Waals surface area contributed by atoms with E-state index in [1.165, 1.54) is 34.9 Å². The van der Waals surface area contributed by atoms with Crippen LogP contribution in [-0.4, -0.2) is 28.1 Å². The Morgan fingerprint density at radius 2 is 2.30 bits per heavy atom. The highest BCUT2D eigenvalue weighted by atomic mass is 35.5. The van der Waals surface area contributed by atoms with Gasteiger partial charge in [-0.1, -0.05) is 46.8 Å². The molecule has 0 aliphatic carbocycles. The van der Waals surface area contributed by atoms with Crippen LogP contribution in [0.4, 0.5) is 5.13 Å². The predicted molar refractivity (Wildman–Crippen MR) is 87.9 cm³/mol. The Bertz CT molecular complexity index is 591. The average Bonchev–Trinajstić information content (AvgIpc) is 2.86. The SMILES string of the molecule is CSc1nnc(NC(=O)CSCc2cccc(Cl)c2)s1. The van der Waals surface area contributed by atoms with Crippen molar-refractivity contribution in [1.29, 1.82) is 0 Å². The number of aromatic nitrogens is 2. The Morgan fingerprint density at radius 1 is 1.45 bits per heavy atom. The number of anilines is 1. The molecule has 0 aliphatic rings. The number of hydrogen-bond acceptors (Lipinski definition) is 6. The zero-order valence-corrected chi connectivity index (χ0v) is 13.8. The summed E-state index contributed by atoms with van der Waals surface area (Å²) >= 11 is 10.3. The summed E-state index contributed by atoms with van der Waals surface area (Å²) in [5, 5.41) is 11.8. The van der Waals surface area contributed by atoms with Gasteiger partial charge < -0.3 is 0 Å². The van der Waals surface area contributed by atoms with Crippen molar-refractivity contribution in [1.82, 2.24) is 10.2 Å². The van der Waals surface area contributed by atoms with Crippen LogP contribution in [0.2, 0.25) is 5.02 Å². The fourth-order valence-corrected chi connectivity index (χ4v) is 3.56. The lowest BCUT2D eigenvalue weighted by Crippen LogP contribution is -2.13. The summed E-state index contributed by atoms with van der Waals surface area (Å²) in [6.07, 6.45) is 1.92. The van der Waals surface area contributed by atoms with Gasteiger partial charge in [0.05, 0.1) is 5.75 Å². The van der Waals surface area contributed by atoms with Crippen molar-refractivity contribution in [2.24, 2.45) is 0 Å². The van der Waals surface area contributed by atoms with Crippen LogP contribution in [0.5, 0.6) is 0 Å². The number of nitrogens with one attached hydrogen (secondary N) is 1. The lowest BCUT2D eigenvalue weighted by atomic mass is 10.2. The number of rotatable bonds is 6. The molecule has 4 nitrogen and oxygen atoms in total. The third-order valence-corrected chi connectivity index (χ3v) is 5.27. The Hall–Kier alpha value is -0.760. The highest BCUT2D eigenvalue weighted by molar-refractivity contribution is 8.00. The predicted octanol–water partition coefficient (Wildman–Crippen LogP) is 3.79. The zero-order chi connectivity index (χ0) is 14.4. The number of carbonyl (C=O) groups is 1. The quantitative estimate of drug-likeness (QED) is 0.637. The van der Waals surface area contributed by atoms with Gasteiger partial charge in [-0.05, 0) is 24.0 Å². The summed E-state index contributed by atoms with van der Waals surface area (Å²) in [5.74, 6) is 1.06. The van der Waals surface area contributed by atoms with Crippen molar-refractivity contribution in [2.45, 2.75) is 10.1 Å². The molecule has 2 rings (SSSR count). The fourth-order valence-electron chi connectivity index (χ4n) is 1.39. The van der Waals surface area contributed by atoms with Crippen LogP contribution in [0, 0.1) is 0 Å². The van der Waals surface area contributed by atoms with Gasteiger partial charge in [-0.25, -0.2) is 0 Å². The first-order valence-electron chi connectivity index (χ1n) is 5.67. The van der Waals surface area contributed by atoms with Crippen molar-refractivity contribution in [3.63, 3.8) is 0 Å². The lowest BCUT2D eigenvalue weighted by molar-refractivity contribution is -0.113. The maximum Gasteiger partial charge on any atom is 0.236 e. The van der Waals surface area contributed by atoms with Crippen LogP contribution >= 0.6 is 46.5 Å². The summed E-state index contributed by atoms with van der Waals surface area (Å²) < 4.78 is 0.840. The van der Waals surface area contributed by atoms with Gasteiger partial charge >= 0.3 is 0 Å². The minimum Gasteiger partial charge on any atom is -0.300 e. The maximum atomic E-state index is 11.7. The van der Waals surface area contributed by atoms with Crippen molar-refractivity contribution in [3.05, 3.63) is 34.9 Å². The molecule has 1 N–H and O–H groups in total. The van der Waals surface area contributed by atoms with Gasteiger partial charge in [0.15, 0.2) is 4.34 Å². The van der Waals surface area contributed by atoms with Crippen molar-refractivity contribution in [3.8, 4) is 0 Å². The molecule has 106 valence electrons. The third kappa shape index (κ3) is 4.97. The molecule has 0 saturated heterocycles. The first kappa shape index (κ1) is 15.6. The Labute approximate surface area is 134 Å². The van der Waals surface area contributed by atoms with Crippen molar-refractivity contribution in [2.75, 3.05) is 17.3 Å². The molecule has 0 atom stereocenters. The summed E-state index contributed by atoms with van der Waals surface area (Å²) in [7, 11) is 0. The number of amides is 1. The van der Waals surface area contributed by atoms with Gasteiger partial charge in [0.25, 0.3) is 0 Å². The third-order valence-electron chi connectivity index (χ3n) is 2.22. The number of halogens is 1. The van der Waals surface area contributed by atoms with E-state index in [1.54, 1.807) is 0 Å². The van der Waals surface area contributed by atoms with E-state index < -0.39 is 0 Å². The number of nitrogens with zero attached hydrogens (tertiary/aromatic N) is 2. The van der Waals surface area contributed by atoms with Gasteiger partial charge in [-0.2, -0.15) is 0 Å². The Morgan fingerprint density at radius 3 is 3.00 bits per heavy atom. The monoisotopic (exact) mass is 345 g/mol. The van der Waals surface area contributed by atoms with E-state index in [0.29, 0.717) is 15.9 Å². The highest BCUT2D eigenvalue weighted by Crippen LogP contribution is 2.23. The molecule has 0 radical (unpaired) electrons. The van der Waals surface area contributed by atoms with E-state index in [2.05, 4.69) is 15.5 Å². The molecular weight excluding hydrogens is 334 g/mol. The highest BCUT2D eigenvalue weighted by Gasteiger charge is 2.07. The van der Waals surface area contributed by atoms with E-state index in [9.17, 15) is 4.79 Å². The normalized spacial score (nSPS) is 10.5. The average molecular weight is 346 g/mol. The Kier molecular flexibility index (Phi) is 6.15. The molecule has 1 heterocycles. The molecule has 0 fully saturated rings. The molecule has 8 heteroatoms. The number of benzene rings is 1. The minimum atomic E-state index is -0.0687. The zero-order valence-electron chi connectivity index (χ0n) is 10.6. The lowest BCUT2D eigenvalue weighted by Gasteiger charge is -2.02. The largest absolute Gasteiger partial charge is 0.300 e. The molecule has 2 aromatic rings. The second-order valence-electron chi connectivity index (χ2n) is 3.75. The molecule has 0 unspecified atom stereocenters. The summed E-state index contributed by atoms with van der Waals surface area (Å²) in [4.78, 5) is 11.7. The topological polar surface area (TPSA) is 54.9 Å². The van der Waals surface area contributed by atoms with Gasteiger partial charge in [-0.15, -0.1) is 22.0 Å². The van der Waals surface area contributed by atoms with Crippen molar-refractivity contribution >= 4 is 57.5 Å². The first-order chi connectivity index (χ1) is 9.67. The summed E-state index contributed by atoms with van der Waals surface area (Å²) in [6.45, 7) is 0. The molecular formula is C12H12ClN3OS3. The molecule has 1 aromatic heterocycles. The molecule has 1 amide bonds. The molecule has 1 aromatic carbocycles. The first-order valence-corrected chi connectivity index (χ1v) is 9.24. The summed E-state index contributed by atoms with van der Waals surface area (Å²) in [5.41, 5.74) is 1.11. The molecule has 0 saturated carbocycles. The fraction of sp³-hybridized carbons (Fsp3) is 0.250. The van der Waals surface area contributed by atoms with Crippen LogP contribution in [-0.2, 0) is 10.5 Å². The van der Waals surface area contributed by atoms with Crippen molar-refractivity contribution < 1.29 is 4.79 Å². The van der Waals surface area contributed by atoms with Crippen LogP contribution in [0.3, 0.4) is 0 Å². The van der Waals surface area contributed by atoms with Gasteiger partial charge in [0.2, 0.25) is 11.0 Å². The van der Waals surface area contributed by atoms with Crippen LogP contribution < -0.4 is 5.32 Å². The van der Waals surface area contributed by atoms with Crippen LogP contribution in [0.1, 0.15) is 5.56 Å². The Balaban J connectivity index is 1.75. The van der Waals surface area contributed by atoms with Gasteiger partial charge in [0.1, 0.15) is 0 Å². The van der Waals surface area contributed by atoms with Gasteiger partial charge in [-0.3, -0.25) is 10.1 Å². The van der Waals surface area contributed by atoms with Crippen LogP contribution in [0.25, 0.3) is 0 Å². The second-order valence-corrected chi connectivity index (χ2v) is 7.20. The second kappa shape index (κ2) is 7.87. The minimum absolute atomic E-state index is 0.0687. The van der Waals surface area contributed by atoms with E-state index in [4.69, 9.17) is 11.6 Å². The van der Waals surface area contributed by atoms with E-state index >= 15 is 0 Å². The molecule has 0 aliphatic heterocycles. The van der Waals surface area contributed by atoms with Crippen LogP contribution in [0.15, 0.2) is 28.6 Å². The summed E-state index contributed by atoms with van der Waals surface area (Å²) in [6, 6.07) is 7.64. The standard InChI is InChI=1S/C12H12ClN3OS3/c1-18-12-16-15-11(20-12)14-10(17)7-19-6-8-3-2-4-9(13)5-8/h2-5H,6-7H2,1H3,(H,14,15,17). The number of thioether (sulfide) groups is 2. The smallest absolute Gasteiger partial charge is 0.236 e. The number of hydrogen-bond donors (Lipinski definition) is 1. The van der Waals surface area contributed by atoms with Gasteiger partial charge in [0, 0.05) is 10.8 Å². The molecule has 0 spiro atoms. The van der Waals surface area contributed by atoms with E-state index in [0.717, 1.165) is 15.7 Å². The van der Waals surface area contributed by atoms with E-state index in [-0.39, 0.29) is 5.91 Å².